The highest BCUT2D eigenvalue weighted by Crippen LogP contribution is 2.11. The molecule has 1 amide bonds. The first-order valence-corrected chi connectivity index (χ1v) is 6.63. The summed E-state index contributed by atoms with van der Waals surface area (Å²) >= 11 is 0. The zero-order chi connectivity index (χ0) is 14.3. The Morgan fingerprint density at radius 2 is 2.00 bits per heavy atom. The Labute approximate surface area is 114 Å². The molecule has 0 aromatic heterocycles. The Morgan fingerprint density at radius 1 is 1.26 bits per heavy atom. The maximum atomic E-state index is 11.7. The number of Topliss-reactive ketones (excluding diaryl/α,β-unsaturated/α-hetero) is 1. The van der Waals surface area contributed by atoms with E-state index < -0.39 is 0 Å². The minimum absolute atomic E-state index is 0.00256. The maximum absolute atomic E-state index is 11.7. The Balaban J connectivity index is 2.40. The van der Waals surface area contributed by atoms with Crippen molar-refractivity contribution in [2.75, 3.05) is 11.9 Å². The number of ketones is 1. The van der Waals surface area contributed by atoms with Gasteiger partial charge in [0.25, 0.3) is 0 Å². The van der Waals surface area contributed by atoms with Crippen LogP contribution in [0.1, 0.15) is 44.0 Å². The lowest BCUT2D eigenvalue weighted by Gasteiger charge is -2.08. The second-order valence-corrected chi connectivity index (χ2v) is 4.90. The van der Waals surface area contributed by atoms with Crippen molar-refractivity contribution >= 4 is 17.4 Å². The van der Waals surface area contributed by atoms with Crippen molar-refractivity contribution in [1.29, 1.82) is 0 Å². The molecule has 1 rings (SSSR count). The van der Waals surface area contributed by atoms with E-state index in [1.807, 2.05) is 0 Å². The van der Waals surface area contributed by atoms with Crippen molar-refractivity contribution in [3.05, 3.63) is 29.8 Å². The molecule has 4 nitrogen and oxygen atoms in total. The van der Waals surface area contributed by atoms with Gasteiger partial charge in [-0.05, 0) is 32.0 Å². The first-order chi connectivity index (χ1) is 8.99. The molecular weight excluding hydrogens is 240 g/mol. The van der Waals surface area contributed by atoms with Crippen molar-refractivity contribution in [2.24, 2.45) is 0 Å². The summed E-state index contributed by atoms with van der Waals surface area (Å²) in [5.41, 5.74) is 1.29. The third-order valence-corrected chi connectivity index (χ3v) is 2.69. The van der Waals surface area contributed by atoms with E-state index in [-0.39, 0.29) is 11.7 Å². The van der Waals surface area contributed by atoms with E-state index >= 15 is 0 Å². The van der Waals surface area contributed by atoms with E-state index in [0.29, 0.717) is 23.7 Å². The number of hydrogen-bond acceptors (Lipinski definition) is 3. The second-order valence-electron chi connectivity index (χ2n) is 4.90. The monoisotopic (exact) mass is 262 g/mol. The molecule has 0 spiro atoms. The first kappa shape index (κ1) is 15.4. The first-order valence-electron chi connectivity index (χ1n) is 6.63. The Hall–Kier alpha value is -1.68. The van der Waals surface area contributed by atoms with Crippen molar-refractivity contribution in [1.82, 2.24) is 5.32 Å². The highest BCUT2D eigenvalue weighted by molar-refractivity contribution is 5.97. The van der Waals surface area contributed by atoms with Crippen molar-refractivity contribution in [2.45, 2.75) is 39.7 Å². The third-order valence-electron chi connectivity index (χ3n) is 2.69. The lowest BCUT2D eigenvalue weighted by Crippen LogP contribution is -2.24. The van der Waals surface area contributed by atoms with Gasteiger partial charge < -0.3 is 10.6 Å². The van der Waals surface area contributed by atoms with E-state index in [2.05, 4.69) is 24.5 Å². The highest BCUT2D eigenvalue weighted by atomic mass is 16.1. The number of nitrogens with one attached hydrogen (secondary N) is 2. The minimum Gasteiger partial charge on any atom is -0.326 e. The van der Waals surface area contributed by atoms with Gasteiger partial charge in [-0.1, -0.05) is 26.0 Å². The fourth-order valence-corrected chi connectivity index (χ4v) is 1.68. The molecule has 19 heavy (non-hydrogen) atoms. The highest BCUT2D eigenvalue weighted by Gasteiger charge is 2.04. The number of benzene rings is 1. The van der Waals surface area contributed by atoms with Gasteiger partial charge in [0.05, 0.1) is 0 Å². The number of carbonyl (C=O) groups excluding carboxylic acids is 2. The molecule has 0 radical (unpaired) electrons. The smallest absolute Gasteiger partial charge is 0.224 e. The molecule has 1 aromatic rings. The van der Waals surface area contributed by atoms with Gasteiger partial charge in [0.1, 0.15) is 0 Å². The van der Waals surface area contributed by atoms with E-state index in [9.17, 15) is 9.59 Å². The quantitative estimate of drug-likeness (QED) is 0.586. The molecule has 0 saturated heterocycles. The van der Waals surface area contributed by atoms with Gasteiger partial charge in [-0.25, -0.2) is 0 Å². The Morgan fingerprint density at radius 3 is 2.63 bits per heavy atom. The van der Waals surface area contributed by atoms with Crippen LogP contribution >= 0.6 is 0 Å². The van der Waals surface area contributed by atoms with Crippen LogP contribution in [0.15, 0.2) is 24.3 Å². The van der Waals surface area contributed by atoms with Crippen LogP contribution < -0.4 is 10.6 Å². The van der Waals surface area contributed by atoms with Crippen molar-refractivity contribution in [3.8, 4) is 0 Å². The Bertz CT molecular complexity index is 442. The van der Waals surface area contributed by atoms with Gasteiger partial charge in [0, 0.05) is 23.7 Å². The summed E-state index contributed by atoms with van der Waals surface area (Å²) < 4.78 is 0. The maximum Gasteiger partial charge on any atom is 0.224 e. The largest absolute Gasteiger partial charge is 0.326 e. The second kappa shape index (κ2) is 7.69. The van der Waals surface area contributed by atoms with E-state index in [0.717, 1.165) is 13.0 Å². The predicted molar refractivity (Wildman–Crippen MR) is 77.4 cm³/mol. The number of carbonyl (C=O) groups is 2. The van der Waals surface area contributed by atoms with Crippen LogP contribution in [-0.2, 0) is 4.79 Å². The molecule has 0 bridgehead atoms. The lowest BCUT2D eigenvalue weighted by atomic mass is 10.1. The average molecular weight is 262 g/mol. The van der Waals surface area contributed by atoms with Crippen molar-refractivity contribution in [3.63, 3.8) is 0 Å². The van der Waals surface area contributed by atoms with Crippen LogP contribution in [0.25, 0.3) is 0 Å². The van der Waals surface area contributed by atoms with Gasteiger partial charge >= 0.3 is 0 Å². The van der Waals surface area contributed by atoms with Crippen LogP contribution in [0.2, 0.25) is 0 Å². The molecule has 4 heteroatoms. The van der Waals surface area contributed by atoms with E-state index in [1.54, 1.807) is 24.3 Å². The fraction of sp³-hybridized carbons (Fsp3) is 0.467. The van der Waals surface area contributed by atoms with Crippen LogP contribution in [-0.4, -0.2) is 24.3 Å². The van der Waals surface area contributed by atoms with Crippen molar-refractivity contribution < 1.29 is 9.59 Å². The normalized spacial score (nSPS) is 10.5. The van der Waals surface area contributed by atoms with Gasteiger partial charge in [-0.15, -0.1) is 0 Å². The molecule has 0 fully saturated rings. The summed E-state index contributed by atoms with van der Waals surface area (Å²) in [6.45, 7) is 6.50. The molecule has 0 atom stereocenters. The summed E-state index contributed by atoms with van der Waals surface area (Å²) in [5.74, 6) is -0.0245. The molecule has 0 saturated carbocycles. The molecule has 1 aromatic carbocycles. The molecular formula is C15H22N2O2. The minimum atomic E-state index is -0.0220. The molecule has 0 heterocycles. The molecule has 0 aliphatic heterocycles. The Kier molecular flexibility index (Phi) is 6.22. The van der Waals surface area contributed by atoms with Crippen LogP contribution in [0.5, 0.6) is 0 Å². The molecule has 0 aliphatic carbocycles. The lowest BCUT2D eigenvalue weighted by molar-refractivity contribution is -0.116. The summed E-state index contributed by atoms with van der Waals surface area (Å²) in [5, 5.41) is 6.07. The van der Waals surface area contributed by atoms with Crippen LogP contribution in [0.4, 0.5) is 5.69 Å². The summed E-state index contributed by atoms with van der Waals surface area (Å²) in [6, 6.07) is 7.44. The predicted octanol–water partition coefficient (Wildman–Crippen LogP) is 2.61. The number of anilines is 1. The molecule has 0 unspecified atom stereocenters. The third kappa shape index (κ3) is 6.15. The van der Waals surface area contributed by atoms with Gasteiger partial charge in [-0.2, -0.15) is 0 Å². The SMILES string of the molecule is CC(=O)c1cccc(NC(=O)CCCNC(C)C)c1. The topological polar surface area (TPSA) is 58.2 Å². The van der Waals surface area contributed by atoms with Crippen LogP contribution in [0.3, 0.4) is 0 Å². The van der Waals surface area contributed by atoms with Gasteiger partial charge in [-0.3, -0.25) is 9.59 Å². The van der Waals surface area contributed by atoms with Gasteiger partial charge in [0.15, 0.2) is 5.78 Å². The van der Waals surface area contributed by atoms with Gasteiger partial charge in [0.2, 0.25) is 5.91 Å². The molecule has 2 N–H and O–H groups in total. The number of amides is 1. The fourth-order valence-electron chi connectivity index (χ4n) is 1.68. The summed E-state index contributed by atoms with van der Waals surface area (Å²) in [7, 11) is 0. The summed E-state index contributed by atoms with van der Waals surface area (Å²) in [4.78, 5) is 23.0. The summed E-state index contributed by atoms with van der Waals surface area (Å²) in [6.07, 6.45) is 1.28. The van der Waals surface area contributed by atoms with E-state index in [4.69, 9.17) is 0 Å². The van der Waals surface area contributed by atoms with E-state index in [1.165, 1.54) is 6.92 Å². The molecule has 104 valence electrons. The number of rotatable bonds is 7. The zero-order valence-corrected chi connectivity index (χ0v) is 11.8. The van der Waals surface area contributed by atoms with Crippen LogP contribution in [0, 0.1) is 0 Å². The average Bonchev–Trinajstić information content (AvgIpc) is 2.34. The zero-order valence-electron chi connectivity index (χ0n) is 11.8. The number of hydrogen-bond donors (Lipinski definition) is 2. The molecule has 0 aliphatic rings. The standard InChI is InChI=1S/C15H22N2O2/c1-11(2)16-9-5-8-15(19)17-14-7-4-6-13(10-14)12(3)18/h4,6-7,10-11,16H,5,8-9H2,1-3H3,(H,17,19).